The number of nitrogens with one attached hydrogen (secondary N) is 1. The standard InChI is InChI=1S/C19H28ClN3O2S/c1-22(13-16-4-3-11-25-16)15-7-9-23(10-8-15)19(26)21-17-12-14(20)5-6-18(17)24-2/h5-6,12,15-16H,3-4,7-11,13H2,1-2H3,(H,21,26)/t16-/m0/s1. The van der Waals surface area contributed by atoms with E-state index in [1.54, 1.807) is 7.11 Å². The van der Waals surface area contributed by atoms with Gasteiger partial charge >= 0.3 is 0 Å². The minimum Gasteiger partial charge on any atom is -0.495 e. The van der Waals surface area contributed by atoms with Crippen molar-refractivity contribution in [1.82, 2.24) is 9.80 Å². The minimum atomic E-state index is 0.413. The number of rotatable bonds is 5. The lowest BCUT2D eigenvalue weighted by atomic mass is 10.0. The summed E-state index contributed by atoms with van der Waals surface area (Å²) in [6, 6.07) is 6.09. The van der Waals surface area contributed by atoms with Crippen molar-refractivity contribution in [3.8, 4) is 5.75 Å². The molecule has 2 fully saturated rings. The quantitative estimate of drug-likeness (QED) is 0.765. The van der Waals surface area contributed by atoms with E-state index in [1.165, 1.54) is 12.8 Å². The Hall–Kier alpha value is -1.08. The van der Waals surface area contributed by atoms with Crippen molar-refractivity contribution >= 4 is 34.6 Å². The number of likely N-dealkylation sites (N-methyl/N-ethyl adjacent to an activating group) is 1. The van der Waals surface area contributed by atoms with Crippen molar-refractivity contribution < 1.29 is 9.47 Å². The van der Waals surface area contributed by atoms with Gasteiger partial charge < -0.3 is 24.6 Å². The molecule has 1 aromatic carbocycles. The fourth-order valence-electron chi connectivity index (χ4n) is 3.74. The molecule has 0 radical (unpaired) electrons. The number of likely N-dealkylation sites (tertiary alicyclic amines) is 1. The van der Waals surface area contributed by atoms with Crippen molar-refractivity contribution in [2.45, 2.75) is 37.8 Å². The first-order chi connectivity index (χ1) is 12.6. The van der Waals surface area contributed by atoms with Crippen LogP contribution >= 0.6 is 23.8 Å². The largest absolute Gasteiger partial charge is 0.495 e. The second-order valence-electron chi connectivity index (χ2n) is 7.07. The third kappa shape index (κ3) is 5.00. The molecule has 5 nitrogen and oxygen atoms in total. The van der Waals surface area contributed by atoms with Gasteiger partial charge in [0.15, 0.2) is 5.11 Å². The zero-order valence-electron chi connectivity index (χ0n) is 15.5. The van der Waals surface area contributed by atoms with E-state index in [2.05, 4.69) is 22.2 Å². The van der Waals surface area contributed by atoms with Crippen molar-refractivity contribution in [3.05, 3.63) is 23.2 Å². The minimum absolute atomic E-state index is 0.413. The lowest BCUT2D eigenvalue weighted by Gasteiger charge is -2.38. The van der Waals surface area contributed by atoms with E-state index in [0.717, 1.165) is 55.6 Å². The molecule has 0 saturated carbocycles. The van der Waals surface area contributed by atoms with Crippen molar-refractivity contribution in [3.63, 3.8) is 0 Å². The van der Waals surface area contributed by atoms with Crippen LogP contribution in [-0.4, -0.2) is 67.5 Å². The summed E-state index contributed by atoms with van der Waals surface area (Å²) in [5.41, 5.74) is 0.808. The van der Waals surface area contributed by atoms with E-state index in [0.29, 0.717) is 17.2 Å². The molecule has 0 unspecified atom stereocenters. The van der Waals surface area contributed by atoms with Crippen LogP contribution in [0.5, 0.6) is 5.75 Å². The number of methoxy groups -OCH3 is 1. The van der Waals surface area contributed by atoms with E-state index < -0.39 is 0 Å². The predicted octanol–water partition coefficient (Wildman–Crippen LogP) is 3.62. The molecule has 2 aliphatic rings. The number of piperidine rings is 1. The third-order valence-electron chi connectivity index (χ3n) is 5.29. The molecule has 2 aliphatic heterocycles. The van der Waals surface area contributed by atoms with Gasteiger partial charge in [-0.25, -0.2) is 0 Å². The lowest BCUT2D eigenvalue weighted by molar-refractivity contribution is 0.0576. The highest BCUT2D eigenvalue weighted by Gasteiger charge is 2.26. The van der Waals surface area contributed by atoms with Crippen molar-refractivity contribution in [2.75, 3.05) is 45.7 Å². The number of benzene rings is 1. The van der Waals surface area contributed by atoms with Crippen LogP contribution in [0.3, 0.4) is 0 Å². The van der Waals surface area contributed by atoms with Crippen LogP contribution in [0.2, 0.25) is 5.02 Å². The zero-order valence-corrected chi connectivity index (χ0v) is 17.1. The molecule has 0 spiro atoms. The molecular formula is C19H28ClN3O2S. The summed E-state index contributed by atoms with van der Waals surface area (Å²) in [5.74, 6) is 0.739. The number of hydrogen-bond donors (Lipinski definition) is 1. The number of thiocarbonyl (C=S) groups is 1. The number of ether oxygens (including phenoxy) is 2. The first kappa shape index (κ1) is 19.7. The van der Waals surface area contributed by atoms with E-state index in [-0.39, 0.29) is 0 Å². The van der Waals surface area contributed by atoms with Crippen LogP contribution < -0.4 is 10.1 Å². The Balaban J connectivity index is 1.49. The first-order valence-corrected chi connectivity index (χ1v) is 10.1. The molecule has 144 valence electrons. The van der Waals surface area contributed by atoms with Gasteiger partial charge in [0.25, 0.3) is 0 Å². The monoisotopic (exact) mass is 397 g/mol. The van der Waals surface area contributed by atoms with Gasteiger partial charge in [-0.1, -0.05) is 11.6 Å². The highest BCUT2D eigenvalue weighted by atomic mass is 35.5. The van der Waals surface area contributed by atoms with E-state index in [1.807, 2.05) is 18.2 Å². The molecule has 0 aliphatic carbocycles. The van der Waals surface area contributed by atoms with Crippen LogP contribution in [0.4, 0.5) is 5.69 Å². The first-order valence-electron chi connectivity index (χ1n) is 9.28. The average Bonchev–Trinajstić information content (AvgIpc) is 3.15. The second kappa shape index (κ2) is 9.22. The second-order valence-corrected chi connectivity index (χ2v) is 7.89. The summed E-state index contributed by atoms with van der Waals surface area (Å²) >= 11 is 11.7. The van der Waals surface area contributed by atoms with Crippen LogP contribution in [0.1, 0.15) is 25.7 Å². The van der Waals surface area contributed by atoms with Gasteiger partial charge in [0.2, 0.25) is 0 Å². The summed E-state index contributed by atoms with van der Waals surface area (Å²) in [6.07, 6.45) is 5.02. The normalized spacial score (nSPS) is 21.2. The molecule has 1 aromatic rings. The molecule has 2 heterocycles. The van der Waals surface area contributed by atoms with Crippen LogP contribution in [-0.2, 0) is 4.74 Å². The van der Waals surface area contributed by atoms with Gasteiger partial charge in [-0.05, 0) is 63.1 Å². The van der Waals surface area contributed by atoms with Gasteiger partial charge in [-0.2, -0.15) is 0 Å². The summed E-state index contributed by atoms with van der Waals surface area (Å²) in [6.45, 7) is 3.86. The summed E-state index contributed by atoms with van der Waals surface area (Å²) in [4.78, 5) is 4.69. The molecule has 0 aromatic heterocycles. The SMILES string of the molecule is COc1ccc(Cl)cc1NC(=S)N1CCC(N(C)C[C@@H]2CCCO2)CC1. The summed E-state index contributed by atoms with van der Waals surface area (Å²) in [5, 5.41) is 4.67. The summed E-state index contributed by atoms with van der Waals surface area (Å²) in [7, 11) is 3.86. The maximum Gasteiger partial charge on any atom is 0.173 e. The fraction of sp³-hybridized carbons (Fsp3) is 0.632. The molecule has 0 amide bonds. The number of anilines is 1. The van der Waals surface area contributed by atoms with Crippen LogP contribution in [0, 0.1) is 0 Å². The Kier molecular flexibility index (Phi) is 6.98. The van der Waals surface area contributed by atoms with Crippen LogP contribution in [0.25, 0.3) is 0 Å². The highest BCUT2D eigenvalue weighted by molar-refractivity contribution is 7.80. The Bertz CT molecular complexity index is 617. The van der Waals surface area contributed by atoms with E-state index >= 15 is 0 Å². The van der Waals surface area contributed by atoms with Crippen molar-refractivity contribution in [1.29, 1.82) is 0 Å². The summed E-state index contributed by atoms with van der Waals surface area (Å²) < 4.78 is 11.1. The fourth-order valence-corrected chi connectivity index (χ4v) is 4.21. The van der Waals surface area contributed by atoms with Gasteiger partial charge in [-0.15, -0.1) is 0 Å². The molecule has 1 atom stereocenters. The molecule has 26 heavy (non-hydrogen) atoms. The lowest BCUT2D eigenvalue weighted by Crippen LogP contribution is -2.48. The molecule has 1 N–H and O–H groups in total. The smallest absolute Gasteiger partial charge is 0.173 e. The van der Waals surface area contributed by atoms with Gasteiger partial charge in [0.1, 0.15) is 5.75 Å². The predicted molar refractivity (Wildman–Crippen MR) is 110 cm³/mol. The molecule has 3 rings (SSSR count). The van der Waals surface area contributed by atoms with Crippen molar-refractivity contribution in [2.24, 2.45) is 0 Å². The average molecular weight is 398 g/mol. The van der Waals surface area contributed by atoms with Crippen LogP contribution in [0.15, 0.2) is 18.2 Å². The van der Waals surface area contributed by atoms with Gasteiger partial charge in [0.05, 0.1) is 18.9 Å². The van der Waals surface area contributed by atoms with E-state index in [9.17, 15) is 0 Å². The molecular weight excluding hydrogens is 370 g/mol. The zero-order chi connectivity index (χ0) is 18.5. The maximum absolute atomic E-state index is 6.10. The number of hydrogen-bond acceptors (Lipinski definition) is 4. The Morgan fingerprint density at radius 2 is 2.15 bits per heavy atom. The topological polar surface area (TPSA) is 37.0 Å². The van der Waals surface area contributed by atoms with E-state index in [4.69, 9.17) is 33.3 Å². The Morgan fingerprint density at radius 3 is 2.81 bits per heavy atom. The number of halogens is 1. The Labute approximate surface area is 166 Å². The van der Waals surface area contributed by atoms with Gasteiger partial charge in [-0.3, -0.25) is 0 Å². The Morgan fingerprint density at radius 1 is 1.38 bits per heavy atom. The molecule has 7 heteroatoms. The number of nitrogens with zero attached hydrogens (tertiary/aromatic N) is 2. The molecule has 0 bridgehead atoms. The van der Waals surface area contributed by atoms with Gasteiger partial charge in [0, 0.05) is 37.3 Å². The maximum atomic E-state index is 6.10. The third-order valence-corrected chi connectivity index (χ3v) is 5.89. The molecule has 2 saturated heterocycles. The highest BCUT2D eigenvalue weighted by Crippen LogP contribution is 2.28.